The van der Waals surface area contributed by atoms with E-state index in [4.69, 9.17) is 0 Å². The Kier molecular flexibility index (Phi) is 0.633. The molecule has 0 aliphatic heterocycles. The summed E-state index contributed by atoms with van der Waals surface area (Å²) in [6.07, 6.45) is 9.51. The van der Waals surface area contributed by atoms with Gasteiger partial charge in [-0.1, -0.05) is 12.2 Å². The van der Waals surface area contributed by atoms with Crippen LogP contribution in [0.4, 0.5) is 0 Å². The van der Waals surface area contributed by atoms with Crippen molar-refractivity contribution < 1.29 is 0 Å². The lowest BCUT2D eigenvalue weighted by atomic mass is 9.72. The molecule has 48 valence electrons. The van der Waals surface area contributed by atoms with Gasteiger partial charge in [0.2, 0.25) is 0 Å². The smallest absolute Gasteiger partial charge is 0.0139 e. The fraction of sp³-hybridized carbons (Fsp3) is 0.778. The summed E-state index contributed by atoms with van der Waals surface area (Å²) in [6.45, 7) is 0. The van der Waals surface area contributed by atoms with Gasteiger partial charge in [-0.25, -0.2) is 0 Å². The molecule has 0 aromatic carbocycles. The Hall–Kier alpha value is -0.260. The summed E-state index contributed by atoms with van der Waals surface area (Å²) < 4.78 is 0. The van der Waals surface area contributed by atoms with Crippen LogP contribution in [0.15, 0.2) is 12.2 Å². The largest absolute Gasteiger partial charge is 0.0842 e. The maximum Gasteiger partial charge on any atom is -0.0139 e. The first kappa shape index (κ1) is 4.54. The van der Waals surface area contributed by atoms with Crippen molar-refractivity contribution in [3.63, 3.8) is 0 Å². The molecule has 0 spiro atoms. The van der Waals surface area contributed by atoms with Gasteiger partial charge < -0.3 is 0 Å². The second-order valence-corrected chi connectivity index (χ2v) is 3.87. The average Bonchev–Trinajstić information content (AvgIpc) is 2.18. The summed E-state index contributed by atoms with van der Waals surface area (Å²) in [5.41, 5.74) is 0. The van der Waals surface area contributed by atoms with E-state index in [1.54, 1.807) is 6.42 Å². The summed E-state index contributed by atoms with van der Waals surface area (Å²) in [5, 5.41) is 0. The van der Waals surface area contributed by atoms with Gasteiger partial charge >= 0.3 is 0 Å². The number of rotatable bonds is 0. The van der Waals surface area contributed by atoms with E-state index in [0.717, 1.165) is 23.7 Å². The lowest BCUT2D eigenvalue weighted by molar-refractivity contribution is 0.285. The second kappa shape index (κ2) is 1.25. The fourth-order valence-electron chi connectivity index (χ4n) is 3.06. The minimum absolute atomic E-state index is 1.05. The highest BCUT2D eigenvalue weighted by atomic mass is 14.5. The molecule has 4 atom stereocenters. The predicted octanol–water partition coefficient (Wildman–Crippen LogP) is 2.22. The zero-order valence-electron chi connectivity index (χ0n) is 5.59. The maximum atomic E-state index is 2.44. The first-order chi connectivity index (χ1) is 4.45. The minimum atomic E-state index is 1.05. The highest BCUT2D eigenvalue weighted by molar-refractivity contribution is 5.19. The Morgan fingerprint density at radius 2 is 1.44 bits per heavy atom. The number of hydrogen-bond donors (Lipinski definition) is 0. The summed E-state index contributed by atoms with van der Waals surface area (Å²) in [5.74, 6) is 4.32. The molecule has 3 aliphatic rings. The molecule has 2 saturated carbocycles. The minimum Gasteiger partial charge on any atom is -0.0842 e. The molecule has 2 unspecified atom stereocenters. The third-order valence-electron chi connectivity index (χ3n) is 3.60. The highest BCUT2D eigenvalue weighted by Gasteiger charge is 2.48. The molecule has 0 heteroatoms. The molecule has 9 heavy (non-hydrogen) atoms. The molecular weight excluding hydrogens is 108 g/mol. The zero-order chi connectivity index (χ0) is 5.84. The van der Waals surface area contributed by atoms with Gasteiger partial charge in [-0.3, -0.25) is 0 Å². The number of allylic oxidation sites excluding steroid dienone is 2. The van der Waals surface area contributed by atoms with Gasteiger partial charge in [0.15, 0.2) is 0 Å². The van der Waals surface area contributed by atoms with Gasteiger partial charge in [-0.2, -0.15) is 0 Å². The van der Waals surface area contributed by atoms with E-state index in [9.17, 15) is 0 Å². The molecular formula is C9H12. The highest BCUT2D eigenvalue weighted by Crippen LogP contribution is 2.57. The standard InChI is InChI=1S/C9H12/c1-2-7-5-6(1)8-3-4-9(7)8/h3-4,6-9H,1-2,5H2/t6-,7?,8-,9?/m0/s1. The monoisotopic (exact) mass is 120 g/mol. The molecule has 2 fully saturated rings. The van der Waals surface area contributed by atoms with Crippen LogP contribution in [0, 0.1) is 23.7 Å². The van der Waals surface area contributed by atoms with Crippen molar-refractivity contribution in [2.75, 3.05) is 0 Å². The summed E-state index contributed by atoms with van der Waals surface area (Å²) in [4.78, 5) is 0. The fourth-order valence-corrected chi connectivity index (χ4v) is 3.06. The van der Waals surface area contributed by atoms with Crippen molar-refractivity contribution in [3.05, 3.63) is 12.2 Å². The van der Waals surface area contributed by atoms with Crippen LogP contribution in [0.1, 0.15) is 19.3 Å². The third kappa shape index (κ3) is 0.385. The molecule has 2 bridgehead atoms. The predicted molar refractivity (Wildman–Crippen MR) is 37.0 cm³/mol. The van der Waals surface area contributed by atoms with Crippen molar-refractivity contribution in [2.45, 2.75) is 19.3 Å². The van der Waals surface area contributed by atoms with Crippen molar-refractivity contribution >= 4 is 0 Å². The van der Waals surface area contributed by atoms with Crippen LogP contribution >= 0.6 is 0 Å². The molecule has 0 saturated heterocycles. The molecule has 0 N–H and O–H groups in total. The van der Waals surface area contributed by atoms with Crippen LogP contribution in [-0.2, 0) is 0 Å². The van der Waals surface area contributed by atoms with Crippen LogP contribution < -0.4 is 0 Å². The van der Waals surface area contributed by atoms with E-state index in [0.29, 0.717) is 0 Å². The molecule has 0 heterocycles. The van der Waals surface area contributed by atoms with Crippen LogP contribution in [0.5, 0.6) is 0 Å². The van der Waals surface area contributed by atoms with Gasteiger partial charge in [-0.15, -0.1) is 0 Å². The first-order valence-electron chi connectivity index (χ1n) is 4.13. The molecule has 0 aromatic heterocycles. The van der Waals surface area contributed by atoms with Crippen molar-refractivity contribution in [3.8, 4) is 0 Å². The third-order valence-corrected chi connectivity index (χ3v) is 3.60. The summed E-state index contributed by atoms with van der Waals surface area (Å²) in [6, 6.07) is 0. The Morgan fingerprint density at radius 3 is 1.78 bits per heavy atom. The van der Waals surface area contributed by atoms with Crippen molar-refractivity contribution in [1.29, 1.82) is 0 Å². The van der Waals surface area contributed by atoms with Gasteiger partial charge in [0, 0.05) is 0 Å². The first-order valence-corrected chi connectivity index (χ1v) is 4.13. The van der Waals surface area contributed by atoms with E-state index in [2.05, 4.69) is 12.2 Å². The van der Waals surface area contributed by atoms with Gasteiger partial charge in [0.05, 0.1) is 0 Å². The Balaban J connectivity index is 2.03. The van der Waals surface area contributed by atoms with Crippen LogP contribution in [0.2, 0.25) is 0 Å². The quantitative estimate of drug-likeness (QED) is 0.430. The number of hydrogen-bond acceptors (Lipinski definition) is 0. The Bertz CT molecular complexity index is 151. The van der Waals surface area contributed by atoms with Crippen LogP contribution in [0.25, 0.3) is 0 Å². The average molecular weight is 120 g/mol. The Labute approximate surface area is 56.0 Å². The van der Waals surface area contributed by atoms with Gasteiger partial charge in [0.1, 0.15) is 0 Å². The van der Waals surface area contributed by atoms with Crippen molar-refractivity contribution in [2.24, 2.45) is 23.7 Å². The molecule has 0 aromatic rings. The Morgan fingerprint density at radius 1 is 0.889 bits per heavy atom. The summed E-state index contributed by atoms with van der Waals surface area (Å²) in [7, 11) is 0. The van der Waals surface area contributed by atoms with Gasteiger partial charge in [-0.05, 0) is 42.9 Å². The molecule has 0 radical (unpaired) electrons. The van der Waals surface area contributed by atoms with E-state index in [1.165, 1.54) is 12.8 Å². The van der Waals surface area contributed by atoms with E-state index in [1.807, 2.05) is 0 Å². The second-order valence-electron chi connectivity index (χ2n) is 3.87. The van der Waals surface area contributed by atoms with E-state index < -0.39 is 0 Å². The van der Waals surface area contributed by atoms with Gasteiger partial charge in [0.25, 0.3) is 0 Å². The molecule has 3 aliphatic carbocycles. The van der Waals surface area contributed by atoms with Crippen LogP contribution in [-0.4, -0.2) is 0 Å². The molecule has 0 nitrogen and oxygen atoms in total. The van der Waals surface area contributed by atoms with E-state index >= 15 is 0 Å². The molecule has 0 amide bonds. The maximum absolute atomic E-state index is 2.44. The zero-order valence-corrected chi connectivity index (χ0v) is 5.59. The van der Waals surface area contributed by atoms with E-state index in [-0.39, 0.29) is 0 Å². The number of fused-ring (bicyclic) bond motifs is 5. The topological polar surface area (TPSA) is 0 Å². The lowest BCUT2D eigenvalue weighted by Crippen LogP contribution is -2.24. The van der Waals surface area contributed by atoms with Crippen LogP contribution in [0.3, 0.4) is 0 Å². The normalized spacial score (nSPS) is 59.6. The summed E-state index contributed by atoms with van der Waals surface area (Å²) >= 11 is 0. The van der Waals surface area contributed by atoms with Crippen molar-refractivity contribution in [1.82, 2.24) is 0 Å². The SMILES string of the molecule is C1=C[C@@H]2C1C1CC[C@H]2C1. The lowest BCUT2D eigenvalue weighted by Gasteiger charge is -2.33. The molecule has 3 rings (SSSR count).